The van der Waals surface area contributed by atoms with Crippen molar-refractivity contribution in [2.24, 2.45) is 5.92 Å². The van der Waals surface area contributed by atoms with Crippen LogP contribution >= 0.6 is 0 Å². The summed E-state index contributed by atoms with van der Waals surface area (Å²) < 4.78 is 61.8. The number of ether oxygens (including phenoxy) is 3. The minimum absolute atomic E-state index is 0.0644. The van der Waals surface area contributed by atoms with E-state index in [1.165, 1.54) is 31.4 Å². The molecule has 1 aliphatic heterocycles. The number of unbranched alkanes of at least 4 members (excludes halogenated alkanes) is 5. The zero-order valence-electron chi connectivity index (χ0n) is 24.0. The second-order valence-corrected chi connectivity index (χ2v) is 10.8. The number of rotatable bonds is 15. The molecule has 0 aliphatic carbocycles. The third kappa shape index (κ3) is 8.46. The average Bonchev–Trinajstić information content (AvgIpc) is 2.99. The highest BCUT2D eigenvalue weighted by molar-refractivity contribution is 5.71. The van der Waals surface area contributed by atoms with Gasteiger partial charge < -0.3 is 14.2 Å². The third-order valence-corrected chi connectivity index (χ3v) is 7.64. The minimum Gasteiger partial charge on any atom is -0.490 e. The van der Waals surface area contributed by atoms with Gasteiger partial charge in [0.05, 0.1) is 32.5 Å². The van der Waals surface area contributed by atoms with Crippen LogP contribution in [0.3, 0.4) is 0 Å². The van der Waals surface area contributed by atoms with Gasteiger partial charge in [-0.3, -0.25) is 0 Å². The Morgan fingerprint density at radius 3 is 2.29 bits per heavy atom. The molecule has 2 unspecified atom stereocenters. The van der Waals surface area contributed by atoms with Gasteiger partial charge in [0.1, 0.15) is 5.82 Å². The molecule has 0 bridgehead atoms. The van der Waals surface area contributed by atoms with Gasteiger partial charge in [-0.2, -0.15) is 4.39 Å². The Kier molecular flexibility index (Phi) is 11.9. The Balaban J connectivity index is 1.35. The standard InChI is InChI=1S/C35H41F3O3/c1-3-5-6-7-8-9-21-40-33-19-17-29(34(37)35(33)38)27-13-11-26(12-14-27)28-15-16-30(31(36)22-28)32-18-10-25(24-41-32)23-39-20-4-2/h4,11-17,19,22,25,32H,2-3,5-10,18,20-21,23-24H2,1H3. The van der Waals surface area contributed by atoms with Crippen molar-refractivity contribution < 1.29 is 27.4 Å². The lowest BCUT2D eigenvalue weighted by atomic mass is 9.93. The summed E-state index contributed by atoms with van der Waals surface area (Å²) in [6.45, 7) is 7.85. The van der Waals surface area contributed by atoms with Gasteiger partial charge in [-0.05, 0) is 54.2 Å². The first kappa shape index (κ1) is 30.9. The molecular formula is C35H41F3O3. The van der Waals surface area contributed by atoms with E-state index in [4.69, 9.17) is 14.2 Å². The Bertz CT molecular complexity index is 1250. The van der Waals surface area contributed by atoms with E-state index in [0.717, 1.165) is 37.7 Å². The highest BCUT2D eigenvalue weighted by Crippen LogP contribution is 2.35. The topological polar surface area (TPSA) is 27.7 Å². The van der Waals surface area contributed by atoms with Crippen molar-refractivity contribution in [1.82, 2.24) is 0 Å². The van der Waals surface area contributed by atoms with E-state index < -0.39 is 11.6 Å². The zero-order chi connectivity index (χ0) is 29.0. The lowest BCUT2D eigenvalue weighted by molar-refractivity contribution is -0.0418. The number of hydrogen-bond donors (Lipinski definition) is 0. The predicted molar refractivity (Wildman–Crippen MR) is 158 cm³/mol. The molecule has 0 spiro atoms. The van der Waals surface area contributed by atoms with Crippen LogP contribution in [0, 0.1) is 23.4 Å². The fourth-order valence-corrected chi connectivity index (χ4v) is 5.24. The van der Waals surface area contributed by atoms with Crippen LogP contribution in [0.2, 0.25) is 0 Å². The first-order valence-corrected chi connectivity index (χ1v) is 14.8. The molecule has 4 rings (SSSR count). The van der Waals surface area contributed by atoms with Crippen molar-refractivity contribution in [3.8, 4) is 28.0 Å². The molecule has 0 saturated carbocycles. The van der Waals surface area contributed by atoms with E-state index in [1.807, 2.05) is 6.07 Å². The van der Waals surface area contributed by atoms with Gasteiger partial charge in [-0.1, -0.05) is 81.5 Å². The van der Waals surface area contributed by atoms with Crippen LogP contribution in [-0.2, 0) is 9.47 Å². The molecule has 0 amide bonds. The van der Waals surface area contributed by atoms with Crippen molar-refractivity contribution in [2.45, 2.75) is 64.4 Å². The van der Waals surface area contributed by atoms with E-state index >= 15 is 4.39 Å². The molecule has 3 aromatic carbocycles. The van der Waals surface area contributed by atoms with Crippen molar-refractivity contribution >= 4 is 0 Å². The van der Waals surface area contributed by atoms with Gasteiger partial charge >= 0.3 is 0 Å². The molecule has 1 fully saturated rings. The van der Waals surface area contributed by atoms with Crippen molar-refractivity contribution in [3.05, 3.63) is 90.3 Å². The molecule has 3 nitrogen and oxygen atoms in total. The van der Waals surface area contributed by atoms with E-state index in [0.29, 0.717) is 49.0 Å². The number of hydrogen-bond acceptors (Lipinski definition) is 3. The zero-order valence-corrected chi connectivity index (χ0v) is 24.0. The molecule has 2 atom stereocenters. The summed E-state index contributed by atoms with van der Waals surface area (Å²) >= 11 is 0. The van der Waals surface area contributed by atoms with Crippen molar-refractivity contribution in [1.29, 1.82) is 0 Å². The summed E-state index contributed by atoms with van der Waals surface area (Å²) in [6, 6.07) is 15.2. The monoisotopic (exact) mass is 566 g/mol. The largest absolute Gasteiger partial charge is 0.490 e. The van der Waals surface area contributed by atoms with E-state index in [9.17, 15) is 8.78 Å². The molecule has 6 heteroatoms. The molecule has 220 valence electrons. The smallest absolute Gasteiger partial charge is 0.201 e. The van der Waals surface area contributed by atoms with Gasteiger partial charge in [0.25, 0.3) is 0 Å². The van der Waals surface area contributed by atoms with Crippen LogP contribution in [0.1, 0.15) is 70.0 Å². The lowest BCUT2D eigenvalue weighted by Gasteiger charge is -2.29. The molecule has 3 aromatic rings. The third-order valence-electron chi connectivity index (χ3n) is 7.64. The average molecular weight is 567 g/mol. The van der Waals surface area contributed by atoms with Crippen LogP contribution in [-0.4, -0.2) is 26.4 Å². The van der Waals surface area contributed by atoms with Crippen molar-refractivity contribution in [3.63, 3.8) is 0 Å². The van der Waals surface area contributed by atoms with Gasteiger partial charge in [0.15, 0.2) is 11.6 Å². The Morgan fingerprint density at radius 2 is 1.59 bits per heavy atom. The highest BCUT2D eigenvalue weighted by atomic mass is 19.2. The lowest BCUT2D eigenvalue weighted by Crippen LogP contribution is -2.25. The quantitative estimate of drug-likeness (QED) is 0.135. The van der Waals surface area contributed by atoms with Crippen LogP contribution < -0.4 is 4.74 Å². The maximum absolute atomic E-state index is 15.1. The highest BCUT2D eigenvalue weighted by Gasteiger charge is 2.25. The Hall–Kier alpha value is -3.09. The van der Waals surface area contributed by atoms with Crippen molar-refractivity contribution in [2.75, 3.05) is 26.4 Å². The molecule has 0 radical (unpaired) electrons. The first-order valence-electron chi connectivity index (χ1n) is 14.8. The Labute approximate surface area is 242 Å². The molecule has 0 aromatic heterocycles. The summed E-state index contributed by atoms with van der Waals surface area (Å²) in [5.41, 5.74) is 2.72. The predicted octanol–water partition coefficient (Wildman–Crippen LogP) is 9.85. The van der Waals surface area contributed by atoms with Gasteiger partial charge in [-0.15, -0.1) is 6.58 Å². The molecule has 41 heavy (non-hydrogen) atoms. The van der Waals surface area contributed by atoms with Gasteiger partial charge in [0.2, 0.25) is 5.82 Å². The molecule has 1 aliphatic rings. The number of halogens is 3. The van der Waals surface area contributed by atoms with Gasteiger partial charge in [-0.25, -0.2) is 8.78 Å². The van der Waals surface area contributed by atoms with E-state index in [1.54, 1.807) is 42.5 Å². The summed E-state index contributed by atoms with van der Waals surface area (Å²) in [4.78, 5) is 0. The second kappa shape index (κ2) is 15.8. The van der Waals surface area contributed by atoms with Crippen LogP contribution in [0.4, 0.5) is 13.2 Å². The second-order valence-electron chi connectivity index (χ2n) is 10.8. The fourth-order valence-electron chi connectivity index (χ4n) is 5.24. The van der Waals surface area contributed by atoms with Gasteiger partial charge in [0, 0.05) is 17.0 Å². The van der Waals surface area contributed by atoms with E-state index in [-0.39, 0.29) is 23.2 Å². The SMILES string of the molecule is C=CCOCC1CCC(c2ccc(-c3ccc(-c4ccc(OCCCCCCCC)c(F)c4F)cc3)cc2F)OC1. The number of benzene rings is 3. The maximum Gasteiger partial charge on any atom is 0.201 e. The molecule has 0 N–H and O–H groups in total. The van der Waals surface area contributed by atoms with E-state index in [2.05, 4.69) is 13.5 Å². The maximum atomic E-state index is 15.1. The minimum atomic E-state index is -0.976. The molecule has 1 saturated heterocycles. The normalized spacial score (nSPS) is 17.0. The Morgan fingerprint density at radius 1 is 0.854 bits per heavy atom. The van der Waals surface area contributed by atoms with Crippen LogP contribution in [0.25, 0.3) is 22.3 Å². The van der Waals surface area contributed by atoms with Crippen LogP contribution in [0.5, 0.6) is 5.75 Å². The summed E-state index contributed by atoms with van der Waals surface area (Å²) in [7, 11) is 0. The molecular weight excluding hydrogens is 525 g/mol. The summed E-state index contributed by atoms with van der Waals surface area (Å²) in [5, 5.41) is 0. The summed E-state index contributed by atoms with van der Waals surface area (Å²) in [6.07, 6.45) is 9.64. The van der Waals surface area contributed by atoms with Crippen LogP contribution in [0.15, 0.2) is 67.3 Å². The summed E-state index contributed by atoms with van der Waals surface area (Å²) in [5.74, 6) is -1.99. The molecule has 1 heterocycles. The first-order chi connectivity index (χ1) is 20.0. The fraction of sp³-hybridized carbons (Fsp3) is 0.429.